The Balaban J connectivity index is 1.76. The molecule has 0 spiro atoms. The van der Waals surface area contributed by atoms with Crippen LogP contribution in [-0.4, -0.2) is 5.91 Å². The van der Waals surface area contributed by atoms with Crippen molar-refractivity contribution in [3.63, 3.8) is 0 Å². The fourth-order valence-corrected chi connectivity index (χ4v) is 3.39. The molecule has 156 valence electrons. The van der Waals surface area contributed by atoms with Gasteiger partial charge < -0.3 is 10.1 Å². The van der Waals surface area contributed by atoms with Gasteiger partial charge in [-0.3, -0.25) is 4.79 Å². The normalized spacial score (nSPS) is 11.0. The lowest BCUT2D eigenvalue weighted by atomic mass is 10.0. The van der Waals surface area contributed by atoms with E-state index >= 15 is 0 Å². The Morgan fingerprint density at radius 3 is 2.35 bits per heavy atom. The summed E-state index contributed by atoms with van der Waals surface area (Å²) >= 11 is 5.93. The van der Waals surface area contributed by atoms with Crippen molar-refractivity contribution in [1.29, 1.82) is 5.26 Å². The average Bonchev–Trinajstić information content (AvgIpc) is 2.72. The molecule has 0 aliphatic rings. The van der Waals surface area contributed by atoms with E-state index in [2.05, 4.69) is 5.32 Å². The van der Waals surface area contributed by atoms with Crippen molar-refractivity contribution in [2.75, 3.05) is 5.32 Å². The monoisotopic (exact) mass is 430 g/mol. The molecule has 0 bridgehead atoms. The summed E-state index contributed by atoms with van der Waals surface area (Å²) in [5.74, 6) is 0.348. The highest BCUT2D eigenvalue weighted by Gasteiger charge is 2.12. The molecule has 0 fully saturated rings. The SMILES string of the molecule is Cc1cccc(NC(=O)/C(C#N)=C/c2cc(C)c(OCc3ccc(Cl)cc3)c(C)c2)c1. The summed E-state index contributed by atoms with van der Waals surface area (Å²) in [6, 6.07) is 20.8. The van der Waals surface area contributed by atoms with E-state index in [-0.39, 0.29) is 5.57 Å². The van der Waals surface area contributed by atoms with E-state index in [1.165, 1.54) is 0 Å². The largest absolute Gasteiger partial charge is 0.488 e. The van der Waals surface area contributed by atoms with E-state index in [0.717, 1.165) is 33.6 Å². The zero-order valence-corrected chi connectivity index (χ0v) is 18.5. The number of benzene rings is 3. The molecule has 3 aromatic carbocycles. The minimum Gasteiger partial charge on any atom is -0.488 e. The van der Waals surface area contributed by atoms with Gasteiger partial charge >= 0.3 is 0 Å². The van der Waals surface area contributed by atoms with E-state index in [1.54, 1.807) is 12.1 Å². The molecule has 1 N–H and O–H groups in total. The number of carbonyl (C=O) groups excluding carboxylic acids is 1. The number of amides is 1. The van der Waals surface area contributed by atoms with Crippen LogP contribution in [0.4, 0.5) is 5.69 Å². The maximum Gasteiger partial charge on any atom is 0.266 e. The molecule has 4 nitrogen and oxygen atoms in total. The Morgan fingerprint density at radius 1 is 1.06 bits per heavy atom. The highest BCUT2D eigenvalue weighted by atomic mass is 35.5. The number of hydrogen-bond donors (Lipinski definition) is 1. The smallest absolute Gasteiger partial charge is 0.266 e. The molecule has 0 radical (unpaired) electrons. The maximum absolute atomic E-state index is 12.5. The fraction of sp³-hybridized carbons (Fsp3) is 0.154. The average molecular weight is 431 g/mol. The van der Waals surface area contributed by atoms with Gasteiger partial charge in [0.15, 0.2) is 0 Å². The molecule has 1 amide bonds. The fourth-order valence-electron chi connectivity index (χ4n) is 3.27. The number of ether oxygens (including phenoxy) is 1. The Labute approximate surface area is 187 Å². The molecule has 31 heavy (non-hydrogen) atoms. The van der Waals surface area contributed by atoms with Crippen molar-refractivity contribution >= 4 is 29.3 Å². The number of nitrogens with zero attached hydrogens (tertiary/aromatic N) is 1. The highest BCUT2D eigenvalue weighted by Crippen LogP contribution is 2.27. The van der Waals surface area contributed by atoms with Gasteiger partial charge in [0.05, 0.1) is 0 Å². The van der Waals surface area contributed by atoms with Crippen molar-refractivity contribution in [3.05, 3.63) is 99.1 Å². The molecule has 0 aromatic heterocycles. The summed E-state index contributed by atoms with van der Waals surface area (Å²) in [7, 11) is 0. The molecule has 0 aliphatic carbocycles. The predicted octanol–water partition coefficient (Wildman–Crippen LogP) is 6.39. The third-order valence-corrected chi connectivity index (χ3v) is 4.98. The summed E-state index contributed by atoms with van der Waals surface area (Å²) in [5, 5.41) is 13.0. The van der Waals surface area contributed by atoms with Crippen molar-refractivity contribution in [1.82, 2.24) is 0 Å². The number of rotatable bonds is 6. The van der Waals surface area contributed by atoms with Gasteiger partial charge in [-0.2, -0.15) is 5.26 Å². The molecule has 3 aromatic rings. The first-order chi connectivity index (χ1) is 14.9. The number of hydrogen-bond acceptors (Lipinski definition) is 3. The molecule has 0 atom stereocenters. The third kappa shape index (κ3) is 5.97. The van der Waals surface area contributed by atoms with Crippen LogP contribution in [0.1, 0.15) is 27.8 Å². The summed E-state index contributed by atoms with van der Waals surface area (Å²) in [6.07, 6.45) is 1.59. The van der Waals surface area contributed by atoms with Crippen LogP contribution in [0.5, 0.6) is 5.75 Å². The third-order valence-electron chi connectivity index (χ3n) is 4.73. The van der Waals surface area contributed by atoms with Crippen LogP contribution >= 0.6 is 11.6 Å². The van der Waals surface area contributed by atoms with Crippen LogP contribution in [0.25, 0.3) is 6.08 Å². The van der Waals surface area contributed by atoms with Crippen LogP contribution in [-0.2, 0) is 11.4 Å². The predicted molar refractivity (Wildman–Crippen MR) is 125 cm³/mol. The standard InChI is InChI=1S/C26H23ClN2O2/c1-17-5-4-6-24(11-17)29-26(30)22(15-28)14-21-12-18(2)25(19(3)13-21)31-16-20-7-9-23(27)10-8-20/h4-14H,16H2,1-3H3,(H,29,30)/b22-14+. The summed E-state index contributed by atoms with van der Waals surface area (Å²) in [6.45, 7) is 6.26. The molecule has 5 heteroatoms. The van der Waals surface area contributed by atoms with E-state index in [1.807, 2.05) is 81.4 Å². The van der Waals surface area contributed by atoms with Gasteiger partial charge in [0.25, 0.3) is 5.91 Å². The van der Waals surface area contributed by atoms with Crippen molar-refractivity contribution < 1.29 is 9.53 Å². The van der Waals surface area contributed by atoms with E-state index in [4.69, 9.17) is 16.3 Å². The van der Waals surface area contributed by atoms with E-state index in [0.29, 0.717) is 17.3 Å². The molecule has 0 aliphatic heterocycles. The maximum atomic E-state index is 12.5. The number of nitrogens with one attached hydrogen (secondary N) is 1. The first kappa shape index (κ1) is 22.1. The summed E-state index contributed by atoms with van der Waals surface area (Å²) in [4.78, 5) is 12.5. The lowest BCUT2D eigenvalue weighted by molar-refractivity contribution is -0.112. The molecular formula is C26H23ClN2O2. The van der Waals surface area contributed by atoms with Crippen LogP contribution in [0.15, 0.2) is 66.2 Å². The molecule has 0 unspecified atom stereocenters. The second kappa shape index (κ2) is 9.97. The van der Waals surface area contributed by atoms with Crippen molar-refractivity contribution in [3.8, 4) is 11.8 Å². The number of anilines is 1. The molecule has 0 saturated heterocycles. The molecule has 3 rings (SSSR count). The summed E-state index contributed by atoms with van der Waals surface area (Å²) in [5.41, 5.74) is 5.37. The molecular weight excluding hydrogens is 408 g/mol. The first-order valence-electron chi connectivity index (χ1n) is 9.84. The lowest BCUT2D eigenvalue weighted by Crippen LogP contribution is -2.13. The number of carbonyl (C=O) groups is 1. The Morgan fingerprint density at radius 2 is 1.74 bits per heavy atom. The van der Waals surface area contributed by atoms with Gasteiger partial charge in [-0.05, 0) is 91.1 Å². The number of halogens is 1. The van der Waals surface area contributed by atoms with Crippen LogP contribution < -0.4 is 10.1 Å². The van der Waals surface area contributed by atoms with E-state index < -0.39 is 5.91 Å². The van der Waals surface area contributed by atoms with Gasteiger partial charge in [0, 0.05) is 10.7 Å². The van der Waals surface area contributed by atoms with Crippen molar-refractivity contribution in [2.45, 2.75) is 27.4 Å². The first-order valence-corrected chi connectivity index (χ1v) is 10.2. The minimum absolute atomic E-state index is 0.0372. The topological polar surface area (TPSA) is 62.1 Å². The Bertz CT molecular complexity index is 1150. The second-order valence-electron chi connectivity index (χ2n) is 7.39. The quantitative estimate of drug-likeness (QED) is 0.364. The van der Waals surface area contributed by atoms with Gasteiger partial charge in [0.2, 0.25) is 0 Å². The van der Waals surface area contributed by atoms with Gasteiger partial charge in [-0.15, -0.1) is 0 Å². The minimum atomic E-state index is -0.438. The highest BCUT2D eigenvalue weighted by molar-refractivity contribution is 6.30. The Kier molecular flexibility index (Phi) is 7.12. The van der Waals surface area contributed by atoms with Crippen LogP contribution in [0.3, 0.4) is 0 Å². The van der Waals surface area contributed by atoms with Gasteiger partial charge in [-0.1, -0.05) is 35.9 Å². The van der Waals surface area contributed by atoms with Crippen LogP contribution in [0, 0.1) is 32.1 Å². The van der Waals surface area contributed by atoms with E-state index in [9.17, 15) is 10.1 Å². The lowest BCUT2D eigenvalue weighted by Gasteiger charge is -2.13. The van der Waals surface area contributed by atoms with Gasteiger partial charge in [-0.25, -0.2) is 0 Å². The summed E-state index contributed by atoms with van der Waals surface area (Å²) < 4.78 is 6.01. The number of nitriles is 1. The zero-order chi connectivity index (χ0) is 22.4. The number of aryl methyl sites for hydroxylation is 3. The zero-order valence-electron chi connectivity index (χ0n) is 17.7. The Hall–Kier alpha value is -3.55. The van der Waals surface area contributed by atoms with Crippen molar-refractivity contribution in [2.24, 2.45) is 0 Å². The molecule has 0 saturated carbocycles. The second-order valence-corrected chi connectivity index (χ2v) is 7.83. The van der Waals surface area contributed by atoms with Gasteiger partial charge in [0.1, 0.15) is 24.0 Å². The molecule has 0 heterocycles. The van der Waals surface area contributed by atoms with Crippen LogP contribution in [0.2, 0.25) is 5.02 Å².